The van der Waals surface area contributed by atoms with E-state index in [1.807, 2.05) is 23.9 Å². The molecule has 0 aliphatic carbocycles. The highest BCUT2D eigenvalue weighted by atomic mass is 32.1. The summed E-state index contributed by atoms with van der Waals surface area (Å²) in [5.41, 5.74) is 15.6. The zero-order valence-electron chi connectivity index (χ0n) is 16.0. The second-order valence-electron chi connectivity index (χ2n) is 6.36. The van der Waals surface area contributed by atoms with Crippen molar-refractivity contribution in [2.75, 3.05) is 17.6 Å². The number of rotatable bonds is 8. The largest absolute Gasteiger partial charge is 0.398 e. The van der Waals surface area contributed by atoms with Gasteiger partial charge in [0, 0.05) is 35.4 Å². The van der Waals surface area contributed by atoms with Gasteiger partial charge in [-0.25, -0.2) is 15.5 Å². The lowest BCUT2D eigenvalue weighted by Crippen LogP contribution is -2.02. The summed E-state index contributed by atoms with van der Waals surface area (Å²) in [6.07, 6.45) is 7.07. The Morgan fingerprint density at radius 3 is 2.89 bits per heavy atom. The molecule has 0 saturated carbocycles. The molecule has 3 aromatic rings. The average molecular weight is 398 g/mol. The smallest absolute Gasteiger partial charge is 0.216 e. The number of aliphatic imine (C=N–C) groups is 1. The molecule has 0 aromatic carbocycles. The van der Waals surface area contributed by atoms with Crippen LogP contribution in [0.15, 0.2) is 34.8 Å². The third-order valence-corrected chi connectivity index (χ3v) is 5.03. The minimum absolute atomic E-state index is 0.234. The van der Waals surface area contributed by atoms with Gasteiger partial charge in [-0.1, -0.05) is 0 Å². The number of anilines is 2. The van der Waals surface area contributed by atoms with Crippen molar-refractivity contribution in [3.63, 3.8) is 0 Å². The summed E-state index contributed by atoms with van der Waals surface area (Å²) < 4.78 is 1.86. The Balaban J connectivity index is 1.81. The molecule has 0 aliphatic rings. The average Bonchev–Trinajstić information content (AvgIpc) is 3.31. The van der Waals surface area contributed by atoms with E-state index >= 15 is 0 Å². The van der Waals surface area contributed by atoms with Gasteiger partial charge < -0.3 is 11.1 Å². The Bertz CT molecular complexity index is 987. The van der Waals surface area contributed by atoms with Gasteiger partial charge in [-0.2, -0.15) is 5.10 Å². The monoisotopic (exact) mass is 397 g/mol. The predicted octanol–water partition coefficient (Wildman–Crippen LogP) is 4.28. The van der Waals surface area contributed by atoms with Gasteiger partial charge in [0.15, 0.2) is 5.82 Å². The molecule has 3 aromatic heterocycles. The molecule has 0 unspecified atom stereocenters. The maximum Gasteiger partial charge on any atom is 0.216 e. The normalized spacial score (nSPS) is 11.4. The molecule has 0 bridgehead atoms. The Labute approximate surface area is 167 Å². The third-order valence-electron chi connectivity index (χ3n) is 3.95. The van der Waals surface area contributed by atoms with Gasteiger partial charge in [-0.3, -0.25) is 9.67 Å². The number of nitrogens with zero attached hydrogens (tertiary/aromatic N) is 6. The molecule has 3 heterocycles. The minimum atomic E-state index is 0.234. The zero-order valence-corrected chi connectivity index (χ0v) is 16.9. The molecule has 28 heavy (non-hydrogen) atoms. The molecule has 10 heteroatoms. The summed E-state index contributed by atoms with van der Waals surface area (Å²) in [4.78, 5) is 15.0. The van der Waals surface area contributed by atoms with Gasteiger partial charge in [0.25, 0.3) is 0 Å². The van der Waals surface area contributed by atoms with E-state index in [1.54, 1.807) is 29.9 Å². The summed E-state index contributed by atoms with van der Waals surface area (Å²) in [7, 11) is 0. The summed E-state index contributed by atoms with van der Waals surface area (Å²) >= 11 is 1.56. The molecule has 0 amide bonds. The fourth-order valence-electron chi connectivity index (χ4n) is 2.48. The van der Waals surface area contributed by atoms with E-state index in [1.165, 1.54) is 0 Å². The van der Waals surface area contributed by atoms with Crippen molar-refractivity contribution in [3.8, 4) is 11.3 Å². The number of thiophene rings is 1. The number of nitrogens with one attached hydrogen (secondary N) is 2. The topological polar surface area (TPSA) is 130 Å². The number of nitrogens with two attached hydrogens (primary N) is 1. The second-order valence-corrected chi connectivity index (χ2v) is 7.52. The minimum Gasteiger partial charge on any atom is -0.398 e. The van der Waals surface area contributed by atoms with E-state index in [-0.39, 0.29) is 11.9 Å². The molecule has 3 rings (SSSR count). The molecule has 0 saturated heterocycles. The van der Waals surface area contributed by atoms with Crippen LogP contribution in [0.2, 0.25) is 0 Å². The molecule has 146 valence electrons. The van der Waals surface area contributed by atoms with E-state index in [0.29, 0.717) is 23.7 Å². The lowest BCUT2D eigenvalue weighted by atomic mass is 10.2. The van der Waals surface area contributed by atoms with Crippen LogP contribution in [-0.2, 0) is 6.54 Å². The van der Waals surface area contributed by atoms with E-state index in [4.69, 9.17) is 11.3 Å². The van der Waals surface area contributed by atoms with Gasteiger partial charge in [0.05, 0.1) is 35.2 Å². The first-order valence-corrected chi connectivity index (χ1v) is 9.74. The lowest BCUT2D eigenvalue weighted by Gasteiger charge is -2.07. The van der Waals surface area contributed by atoms with Crippen LogP contribution >= 0.6 is 11.3 Å². The van der Waals surface area contributed by atoms with Gasteiger partial charge >= 0.3 is 0 Å². The van der Waals surface area contributed by atoms with Crippen molar-refractivity contribution in [2.24, 2.45) is 10.1 Å². The molecular formula is C18H23N9S. The molecule has 0 radical (unpaired) electrons. The van der Waals surface area contributed by atoms with Gasteiger partial charge in [-0.05, 0) is 26.8 Å². The lowest BCUT2D eigenvalue weighted by molar-refractivity contribution is 0.532. The van der Waals surface area contributed by atoms with Crippen LogP contribution in [0, 0.1) is 5.53 Å². The van der Waals surface area contributed by atoms with Crippen LogP contribution in [-0.4, -0.2) is 32.5 Å². The molecule has 0 atom stereocenters. The standard InChI is InChI=1S/C18H23N9S/c1-4-21-9-16-14(19)5-13(28-16)7-22-17-18(26-20)23-8-15(25-17)12-6-24-27(10-12)11(2)3/h5-6,8-11,20H,4,7,19H2,1-3H3,(H,22,25). The molecule has 0 aliphatic heterocycles. The van der Waals surface area contributed by atoms with Gasteiger partial charge in [-0.15, -0.1) is 16.5 Å². The van der Waals surface area contributed by atoms with E-state index in [2.05, 4.69) is 44.3 Å². The maximum atomic E-state index is 7.35. The Morgan fingerprint density at radius 2 is 2.21 bits per heavy atom. The summed E-state index contributed by atoms with van der Waals surface area (Å²) in [5, 5.41) is 11.0. The van der Waals surface area contributed by atoms with Crippen molar-refractivity contribution in [1.82, 2.24) is 19.7 Å². The number of hydrogen-bond acceptors (Lipinski definition) is 9. The van der Waals surface area contributed by atoms with Crippen LogP contribution in [0.4, 0.5) is 17.3 Å². The molecule has 9 nitrogen and oxygen atoms in total. The van der Waals surface area contributed by atoms with Gasteiger partial charge in [0.1, 0.15) is 0 Å². The van der Waals surface area contributed by atoms with E-state index < -0.39 is 0 Å². The Hall–Kier alpha value is -3.14. The van der Waals surface area contributed by atoms with Crippen LogP contribution in [0.1, 0.15) is 36.6 Å². The number of hydrogen-bond donors (Lipinski definition) is 3. The molecular weight excluding hydrogens is 374 g/mol. The fourth-order valence-corrected chi connectivity index (χ4v) is 3.40. The fraction of sp³-hybridized carbons (Fsp3) is 0.333. The summed E-state index contributed by atoms with van der Waals surface area (Å²) in [6, 6.07) is 2.17. The number of nitrogen functional groups attached to an aromatic ring is 1. The van der Waals surface area contributed by atoms with Crippen molar-refractivity contribution in [2.45, 2.75) is 33.4 Å². The first-order chi connectivity index (χ1) is 13.5. The molecule has 0 spiro atoms. The first-order valence-electron chi connectivity index (χ1n) is 8.92. The Kier molecular flexibility index (Phi) is 6.09. The maximum absolute atomic E-state index is 7.35. The first kappa shape index (κ1) is 19.6. The Morgan fingerprint density at radius 1 is 1.39 bits per heavy atom. The summed E-state index contributed by atoms with van der Waals surface area (Å²) in [6.45, 7) is 7.31. The van der Waals surface area contributed by atoms with Gasteiger partial charge in [0.2, 0.25) is 5.82 Å². The van der Waals surface area contributed by atoms with Crippen molar-refractivity contribution in [3.05, 3.63) is 34.4 Å². The number of aromatic nitrogens is 4. The predicted molar refractivity (Wildman–Crippen MR) is 113 cm³/mol. The van der Waals surface area contributed by atoms with Crippen LogP contribution in [0.5, 0.6) is 0 Å². The quantitative estimate of drug-likeness (QED) is 0.386. The highest BCUT2D eigenvalue weighted by Gasteiger charge is 2.12. The van der Waals surface area contributed by atoms with Crippen LogP contribution < -0.4 is 11.1 Å². The highest BCUT2D eigenvalue weighted by molar-refractivity contribution is 7.14. The third kappa shape index (κ3) is 4.39. The van der Waals surface area contributed by atoms with Crippen molar-refractivity contribution < 1.29 is 0 Å². The van der Waals surface area contributed by atoms with Crippen LogP contribution in [0.25, 0.3) is 11.3 Å². The van der Waals surface area contributed by atoms with Crippen molar-refractivity contribution in [1.29, 1.82) is 5.53 Å². The second kappa shape index (κ2) is 8.70. The zero-order chi connectivity index (χ0) is 20.1. The van der Waals surface area contributed by atoms with E-state index in [9.17, 15) is 0 Å². The van der Waals surface area contributed by atoms with Crippen LogP contribution in [0.3, 0.4) is 0 Å². The van der Waals surface area contributed by atoms with E-state index in [0.717, 1.165) is 21.9 Å². The highest BCUT2D eigenvalue weighted by Crippen LogP contribution is 2.27. The molecule has 0 fully saturated rings. The molecule has 4 N–H and O–H groups in total. The summed E-state index contributed by atoms with van der Waals surface area (Å²) in [5.74, 6) is 0.679. The van der Waals surface area contributed by atoms with Crippen molar-refractivity contribution >= 4 is 34.9 Å². The SMILES string of the molecule is CCN=Cc1sc(CNc2nc(-c3cnn(C(C)C)c3)cnc2N=N)cc1N.